The highest BCUT2D eigenvalue weighted by atomic mass is 15.3. The Kier molecular flexibility index (Phi) is 4.43. The zero-order chi connectivity index (χ0) is 20.3. The van der Waals surface area contributed by atoms with Gasteiger partial charge in [-0.05, 0) is 30.3 Å². The minimum atomic E-state index is 0.455. The fraction of sp³-hybridized carbons (Fsp3) is 0. The predicted octanol–water partition coefficient (Wildman–Crippen LogP) is 5.48. The summed E-state index contributed by atoms with van der Waals surface area (Å²) in [7, 11) is 0. The largest absolute Gasteiger partial charge is 0.337 e. The number of para-hydroxylation sites is 3. The molecule has 2 aromatic heterocycles. The molecule has 0 radical (unpaired) electrons. The van der Waals surface area contributed by atoms with Gasteiger partial charge in [0.2, 0.25) is 0 Å². The summed E-state index contributed by atoms with van der Waals surface area (Å²) >= 11 is 0. The number of nitriles is 1. The molecule has 0 fully saturated rings. The van der Waals surface area contributed by atoms with E-state index in [1.165, 1.54) is 0 Å². The van der Waals surface area contributed by atoms with E-state index in [0.29, 0.717) is 11.4 Å². The van der Waals surface area contributed by atoms with E-state index in [2.05, 4.69) is 16.0 Å². The van der Waals surface area contributed by atoms with Crippen LogP contribution >= 0.6 is 0 Å². The van der Waals surface area contributed by atoms with Crippen LogP contribution in [0.2, 0.25) is 0 Å². The van der Waals surface area contributed by atoms with Gasteiger partial charge in [-0.3, -0.25) is 0 Å². The molecule has 0 saturated heterocycles. The molecule has 30 heavy (non-hydrogen) atoms. The van der Waals surface area contributed by atoms with Crippen molar-refractivity contribution in [3.05, 3.63) is 103 Å². The maximum atomic E-state index is 9.85. The number of allylic oxidation sites excluding steroid dienone is 1. The number of hydrogen-bond acceptors (Lipinski definition) is 3. The van der Waals surface area contributed by atoms with E-state index in [0.717, 1.165) is 33.5 Å². The average Bonchev–Trinajstić information content (AvgIpc) is 3.43. The molecule has 0 unspecified atom stereocenters. The standard InChI is InChI=1S/C25H17N5/c26-16-19(25-27-22-13-7-8-14-23(22)28-25)15-20-17-30(21-11-5-2-6-12-21)29-24(20)18-9-3-1-4-10-18/h1-15,17H,(H,27,28)/b19-15+. The smallest absolute Gasteiger partial charge is 0.149 e. The Morgan fingerprint density at radius 3 is 2.33 bits per heavy atom. The van der Waals surface area contributed by atoms with Gasteiger partial charge in [0.1, 0.15) is 11.9 Å². The summed E-state index contributed by atoms with van der Waals surface area (Å²) in [6.07, 6.45) is 3.78. The molecule has 5 rings (SSSR count). The van der Waals surface area contributed by atoms with Crippen LogP contribution in [0, 0.1) is 11.3 Å². The lowest BCUT2D eigenvalue weighted by molar-refractivity contribution is 0.884. The van der Waals surface area contributed by atoms with E-state index in [9.17, 15) is 5.26 Å². The summed E-state index contributed by atoms with van der Waals surface area (Å²) < 4.78 is 1.84. The van der Waals surface area contributed by atoms with Gasteiger partial charge in [-0.1, -0.05) is 60.7 Å². The molecule has 1 N–H and O–H groups in total. The maximum Gasteiger partial charge on any atom is 0.149 e. The quantitative estimate of drug-likeness (QED) is 0.415. The third-order valence-electron chi connectivity index (χ3n) is 4.88. The normalized spacial score (nSPS) is 11.5. The first kappa shape index (κ1) is 17.7. The first-order chi connectivity index (χ1) is 14.8. The van der Waals surface area contributed by atoms with Crippen LogP contribution in [0.4, 0.5) is 0 Å². The zero-order valence-electron chi connectivity index (χ0n) is 16.0. The lowest BCUT2D eigenvalue weighted by Crippen LogP contribution is -1.93. The summed E-state index contributed by atoms with van der Waals surface area (Å²) in [6.45, 7) is 0. The molecule has 3 aromatic carbocycles. The number of aromatic amines is 1. The molecule has 0 saturated carbocycles. The Hall–Kier alpha value is -4.43. The van der Waals surface area contributed by atoms with Crippen LogP contribution in [0.5, 0.6) is 0 Å². The van der Waals surface area contributed by atoms with E-state index in [1.807, 2.05) is 102 Å². The molecule has 0 aliphatic heterocycles. The first-order valence-corrected chi connectivity index (χ1v) is 9.59. The second-order valence-electron chi connectivity index (χ2n) is 6.85. The van der Waals surface area contributed by atoms with Crippen LogP contribution in [0.25, 0.3) is 39.6 Å². The van der Waals surface area contributed by atoms with E-state index >= 15 is 0 Å². The minimum Gasteiger partial charge on any atom is -0.337 e. The predicted molar refractivity (Wildman–Crippen MR) is 119 cm³/mol. The number of hydrogen-bond donors (Lipinski definition) is 1. The van der Waals surface area contributed by atoms with Gasteiger partial charge >= 0.3 is 0 Å². The van der Waals surface area contributed by atoms with Crippen molar-refractivity contribution < 1.29 is 0 Å². The summed E-state index contributed by atoms with van der Waals surface area (Å²) in [4.78, 5) is 7.81. The molecule has 5 nitrogen and oxygen atoms in total. The number of rotatable bonds is 4. The Morgan fingerprint density at radius 1 is 0.900 bits per heavy atom. The van der Waals surface area contributed by atoms with Crippen LogP contribution in [0.1, 0.15) is 11.4 Å². The molecule has 5 heteroatoms. The minimum absolute atomic E-state index is 0.455. The number of nitrogens with zero attached hydrogens (tertiary/aromatic N) is 4. The SMILES string of the molecule is N#C/C(=C\c1cn(-c2ccccc2)nc1-c1ccccc1)c1nc2ccccc2[nH]1. The maximum absolute atomic E-state index is 9.85. The van der Waals surface area contributed by atoms with Crippen molar-refractivity contribution in [2.24, 2.45) is 0 Å². The van der Waals surface area contributed by atoms with E-state index in [1.54, 1.807) is 0 Å². The molecule has 5 aromatic rings. The third kappa shape index (κ3) is 3.27. The molecule has 0 aliphatic carbocycles. The number of imidazole rings is 1. The lowest BCUT2D eigenvalue weighted by Gasteiger charge is -2.00. The van der Waals surface area contributed by atoms with Gasteiger partial charge in [0, 0.05) is 17.3 Å². The van der Waals surface area contributed by atoms with Crippen LogP contribution in [0.15, 0.2) is 91.1 Å². The molecular weight excluding hydrogens is 370 g/mol. The fourth-order valence-electron chi connectivity index (χ4n) is 3.42. The van der Waals surface area contributed by atoms with Gasteiger partial charge in [-0.25, -0.2) is 9.67 Å². The number of H-pyrrole nitrogens is 1. The van der Waals surface area contributed by atoms with E-state index < -0.39 is 0 Å². The van der Waals surface area contributed by atoms with Gasteiger partial charge in [0.25, 0.3) is 0 Å². The van der Waals surface area contributed by atoms with Crippen molar-refractivity contribution in [2.45, 2.75) is 0 Å². The first-order valence-electron chi connectivity index (χ1n) is 9.59. The van der Waals surface area contributed by atoms with E-state index in [-0.39, 0.29) is 0 Å². The van der Waals surface area contributed by atoms with Crippen molar-refractivity contribution in [1.82, 2.24) is 19.7 Å². The molecule has 0 amide bonds. The second kappa shape index (κ2) is 7.53. The topological polar surface area (TPSA) is 70.3 Å². The van der Waals surface area contributed by atoms with Crippen LogP contribution in [0.3, 0.4) is 0 Å². The van der Waals surface area contributed by atoms with Crippen molar-refractivity contribution in [3.63, 3.8) is 0 Å². The zero-order valence-corrected chi connectivity index (χ0v) is 16.0. The van der Waals surface area contributed by atoms with Gasteiger partial charge in [0.15, 0.2) is 0 Å². The molecule has 0 atom stereocenters. The summed E-state index contributed by atoms with van der Waals surface area (Å²) in [5, 5.41) is 14.7. The second-order valence-corrected chi connectivity index (χ2v) is 6.85. The highest BCUT2D eigenvalue weighted by Crippen LogP contribution is 2.27. The van der Waals surface area contributed by atoms with Gasteiger partial charge in [-0.2, -0.15) is 10.4 Å². The Bertz CT molecular complexity index is 1350. The molecular formula is C25H17N5. The lowest BCUT2D eigenvalue weighted by atomic mass is 10.1. The molecule has 0 bridgehead atoms. The number of nitrogens with one attached hydrogen (secondary N) is 1. The summed E-state index contributed by atoms with van der Waals surface area (Å²) in [5.41, 5.74) is 5.78. The third-order valence-corrected chi connectivity index (χ3v) is 4.88. The van der Waals surface area contributed by atoms with Crippen molar-refractivity contribution in [2.75, 3.05) is 0 Å². The van der Waals surface area contributed by atoms with Crippen LogP contribution in [-0.4, -0.2) is 19.7 Å². The Morgan fingerprint density at radius 2 is 1.60 bits per heavy atom. The van der Waals surface area contributed by atoms with E-state index in [4.69, 9.17) is 5.10 Å². The van der Waals surface area contributed by atoms with Crippen molar-refractivity contribution in [3.8, 4) is 23.0 Å². The molecule has 2 heterocycles. The molecule has 0 aliphatic rings. The summed E-state index contributed by atoms with van der Waals surface area (Å²) in [5.74, 6) is 0.546. The number of benzene rings is 3. The number of aromatic nitrogens is 4. The number of fused-ring (bicyclic) bond motifs is 1. The molecule has 0 spiro atoms. The summed E-state index contributed by atoms with van der Waals surface area (Å²) in [6, 6.07) is 29.9. The highest BCUT2D eigenvalue weighted by Gasteiger charge is 2.14. The molecule has 142 valence electrons. The highest BCUT2D eigenvalue weighted by molar-refractivity contribution is 5.92. The van der Waals surface area contributed by atoms with Crippen LogP contribution in [-0.2, 0) is 0 Å². The average molecular weight is 387 g/mol. The van der Waals surface area contributed by atoms with Gasteiger partial charge in [0.05, 0.1) is 28.0 Å². The van der Waals surface area contributed by atoms with Gasteiger partial charge < -0.3 is 4.98 Å². The Balaban J connectivity index is 1.66. The van der Waals surface area contributed by atoms with Crippen LogP contribution < -0.4 is 0 Å². The van der Waals surface area contributed by atoms with Crippen molar-refractivity contribution >= 4 is 22.7 Å². The van der Waals surface area contributed by atoms with Gasteiger partial charge in [-0.15, -0.1) is 0 Å². The van der Waals surface area contributed by atoms with Crippen molar-refractivity contribution in [1.29, 1.82) is 5.26 Å². The monoisotopic (exact) mass is 387 g/mol. The fourth-order valence-corrected chi connectivity index (χ4v) is 3.42. The Labute approximate surface area is 173 Å².